The lowest BCUT2D eigenvalue weighted by molar-refractivity contribution is -0.114. The molecular weight excluding hydrogens is 398 g/mol. The summed E-state index contributed by atoms with van der Waals surface area (Å²) in [5.41, 5.74) is 3.99. The molecule has 0 spiro atoms. The Bertz CT molecular complexity index is 888. The summed E-state index contributed by atoms with van der Waals surface area (Å²) in [5.74, 6) is 2.33. The van der Waals surface area contributed by atoms with E-state index in [9.17, 15) is 9.59 Å². The van der Waals surface area contributed by atoms with Crippen molar-refractivity contribution in [3.8, 4) is 18.1 Å². The van der Waals surface area contributed by atoms with Gasteiger partial charge in [-0.15, -0.1) is 6.42 Å². The van der Waals surface area contributed by atoms with Gasteiger partial charge >= 0.3 is 0 Å². The van der Waals surface area contributed by atoms with Crippen molar-refractivity contribution < 1.29 is 14.3 Å². The van der Waals surface area contributed by atoms with Gasteiger partial charge in [0.15, 0.2) is 0 Å². The predicted octanol–water partition coefficient (Wildman–Crippen LogP) is 3.18. The van der Waals surface area contributed by atoms with Gasteiger partial charge in [0.25, 0.3) is 5.91 Å². The van der Waals surface area contributed by atoms with Gasteiger partial charge < -0.3 is 10.1 Å². The van der Waals surface area contributed by atoms with Crippen LogP contribution in [0.3, 0.4) is 0 Å². The highest BCUT2D eigenvalue weighted by Gasteiger charge is 2.06. The number of amides is 2. The SMILES string of the molecule is C#CCOc1ccc(Br)cc1C=NNC(=O)c1cccc(NC(C)=O)c1. The molecule has 132 valence electrons. The zero-order chi connectivity index (χ0) is 18.9. The molecule has 26 heavy (non-hydrogen) atoms. The van der Waals surface area contributed by atoms with Gasteiger partial charge in [-0.3, -0.25) is 9.59 Å². The molecule has 7 heteroatoms. The minimum Gasteiger partial charge on any atom is -0.480 e. The molecule has 0 fully saturated rings. The van der Waals surface area contributed by atoms with Gasteiger partial charge in [-0.05, 0) is 36.4 Å². The monoisotopic (exact) mass is 413 g/mol. The molecule has 0 saturated heterocycles. The zero-order valence-electron chi connectivity index (χ0n) is 14.0. The topological polar surface area (TPSA) is 79.8 Å². The maximum Gasteiger partial charge on any atom is 0.271 e. The van der Waals surface area contributed by atoms with Crippen molar-refractivity contribution in [2.24, 2.45) is 5.10 Å². The third-order valence-electron chi connectivity index (χ3n) is 3.10. The van der Waals surface area contributed by atoms with Crippen molar-refractivity contribution in [3.05, 3.63) is 58.1 Å². The van der Waals surface area contributed by atoms with Crippen LogP contribution in [-0.2, 0) is 4.79 Å². The molecule has 2 N–H and O–H groups in total. The molecule has 0 aliphatic heterocycles. The van der Waals surface area contributed by atoms with Crippen molar-refractivity contribution in [3.63, 3.8) is 0 Å². The van der Waals surface area contributed by atoms with E-state index in [1.165, 1.54) is 13.1 Å². The molecule has 0 aliphatic rings. The van der Waals surface area contributed by atoms with Crippen LogP contribution < -0.4 is 15.5 Å². The average molecular weight is 414 g/mol. The quantitative estimate of drug-likeness (QED) is 0.433. The number of carbonyl (C=O) groups excluding carboxylic acids is 2. The van der Waals surface area contributed by atoms with Gasteiger partial charge in [-0.1, -0.05) is 27.9 Å². The van der Waals surface area contributed by atoms with E-state index in [1.807, 2.05) is 6.07 Å². The summed E-state index contributed by atoms with van der Waals surface area (Å²) in [6.07, 6.45) is 6.67. The fourth-order valence-electron chi connectivity index (χ4n) is 2.04. The van der Waals surface area contributed by atoms with Gasteiger partial charge in [0.2, 0.25) is 5.91 Å². The summed E-state index contributed by atoms with van der Waals surface area (Å²) in [4.78, 5) is 23.3. The second-order valence-corrected chi connectivity index (χ2v) is 6.05. The normalized spacial score (nSPS) is 10.2. The Morgan fingerprint density at radius 3 is 2.85 bits per heavy atom. The fraction of sp³-hybridized carbons (Fsp3) is 0.105. The van der Waals surface area contributed by atoms with E-state index in [-0.39, 0.29) is 12.5 Å². The van der Waals surface area contributed by atoms with Crippen LogP contribution in [-0.4, -0.2) is 24.6 Å². The Morgan fingerprint density at radius 1 is 1.31 bits per heavy atom. The van der Waals surface area contributed by atoms with E-state index < -0.39 is 5.91 Å². The molecule has 0 bridgehead atoms. The van der Waals surface area contributed by atoms with Crippen LogP contribution in [0.5, 0.6) is 5.75 Å². The third kappa shape index (κ3) is 5.76. The molecular formula is C19H16BrN3O3. The van der Waals surface area contributed by atoms with E-state index in [0.717, 1.165) is 4.47 Å². The number of terminal acetylenes is 1. The summed E-state index contributed by atoms with van der Waals surface area (Å²) in [6.45, 7) is 1.53. The first-order valence-corrected chi connectivity index (χ1v) is 8.36. The lowest BCUT2D eigenvalue weighted by Gasteiger charge is -2.07. The Morgan fingerprint density at radius 2 is 2.12 bits per heavy atom. The molecule has 2 aromatic carbocycles. The second-order valence-electron chi connectivity index (χ2n) is 5.14. The van der Waals surface area contributed by atoms with Crippen LogP contribution in [0, 0.1) is 12.3 Å². The summed E-state index contributed by atoms with van der Waals surface area (Å²) in [7, 11) is 0. The molecule has 0 saturated carbocycles. The number of hydrazone groups is 1. The molecule has 0 aliphatic carbocycles. The number of halogens is 1. The standard InChI is InChI=1S/C19H16BrN3O3/c1-3-9-26-18-8-7-16(20)10-15(18)12-21-23-19(25)14-5-4-6-17(11-14)22-13(2)24/h1,4-8,10-12H,9H2,2H3,(H,22,24)(H,23,25). The van der Waals surface area contributed by atoms with Gasteiger partial charge in [-0.2, -0.15) is 5.10 Å². The van der Waals surface area contributed by atoms with Crippen LogP contribution >= 0.6 is 15.9 Å². The number of rotatable bonds is 6. The van der Waals surface area contributed by atoms with E-state index in [1.54, 1.807) is 36.4 Å². The van der Waals surface area contributed by atoms with Crippen molar-refractivity contribution in [1.29, 1.82) is 0 Å². The zero-order valence-corrected chi connectivity index (χ0v) is 15.5. The predicted molar refractivity (Wildman–Crippen MR) is 104 cm³/mol. The molecule has 0 aromatic heterocycles. The van der Waals surface area contributed by atoms with Gasteiger partial charge in [0, 0.05) is 28.2 Å². The van der Waals surface area contributed by atoms with Crippen LogP contribution in [0.25, 0.3) is 0 Å². The second kappa shape index (κ2) is 9.39. The fourth-order valence-corrected chi connectivity index (χ4v) is 2.42. The Hall–Kier alpha value is -3.11. The molecule has 0 radical (unpaired) electrons. The lowest BCUT2D eigenvalue weighted by atomic mass is 10.2. The van der Waals surface area contributed by atoms with Crippen LogP contribution in [0.15, 0.2) is 52.0 Å². The number of anilines is 1. The summed E-state index contributed by atoms with van der Waals surface area (Å²) in [6, 6.07) is 11.9. The molecule has 2 aromatic rings. The number of nitrogens with zero attached hydrogens (tertiary/aromatic N) is 1. The highest BCUT2D eigenvalue weighted by molar-refractivity contribution is 9.10. The molecule has 0 unspecified atom stereocenters. The molecule has 2 amide bonds. The third-order valence-corrected chi connectivity index (χ3v) is 3.59. The molecule has 0 atom stereocenters. The van der Waals surface area contributed by atoms with Gasteiger partial charge in [-0.25, -0.2) is 5.43 Å². The van der Waals surface area contributed by atoms with Crippen LogP contribution in [0.2, 0.25) is 0 Å². The summed E-state index contributed by atoms with van der Waals surface area (Å²) in [5, 5.41) is 6.57. The smallest absolute Gasteiger partial charge is 0.271 e. The highest BCUT2D eigenvalue weighted by Crippen LogP contribution is 2.21. The van der Waals surface area contributed by atoms with Gasteiger partial charge in [0.1, 0.15) is 12.4 Å². The molecule has 2 rings (SSSR count). The number of nitrogens with one attached hydrogen (secondary N) is 2. The van der Waals surface area contributed by atoms with Crippen molar-refractivity contribution in [1.82, 2.24) is 5.43 Å². The van der Waals surface area contributed by atoms with Crippen molar-refractivity contribution >= 4 is 39.6 Å². The van der Waals surface area contributed by atoms with Crippen molar-refractivity contribution in [2.45, 2.75) is 6.92 Å². The number of carbonyl (C=O) groups is 2. The van der Waals surface area contributed by atoms with E-state index >= 15 is 0 Å². The van der Waals surface area contributed by atoms with Crippen LogP contribution in [0.4, 0.5) is 5.69 Å². The van der Waals surface area contributed by atoms with E-state index in [4.69, 9.17) is 11.2 Å². The number of benzene rings is 2. The van der Waals surface area contributed by atoms with E-state index in [0.29, 0.717) is 22.6 Å². The lowest BCUT2D eigenvalue weighted by Crippen LogP contribution is -2.18. The maximum atomic E-state index is 12.2. The number of hydrogen-bond donors (Lipinski definition) is 2. The van der Waals surface area contributed by atoms with Crippen LogP contribution in [0.1, 0.15) is 22.8 Å². The minimum atomic E-state index is -0.408. The largest absolute Gasteiger partial charge is 0.480 e. The number of hydrogen-bond acceptors (Lipinski definition) is 4. The highest BCUT2D eigenvalue weighted by atomic mass is 79.9. The first-order valence-electron chi connectivity index (χ1n) is 7.56. The summed E-state index contributed by atoms with van der Waals surface area (Å²) < 4.78 is 6.27. The molecule has 6 nitrogen and oxygen atoms in total. The van der Waals surface area contributed by atoms with Crippen molar-refractivity contribution in [2.75, 3.05) is 11.9 Å². The Labute approximate surface area is 159 Å². The van der Waals surface area contributed by atoms with E-state index in [2.05, 4.69) is 37.7 Å². The Kier molecular flexibility index (Phi) is 6.94. The first-order chi connectivity index (χ1) is 12.5. The minimum absolute atomic E-state index is 0.130. The maximum absolute atomic E-state index is 12.2. The first kappa shape index (κ1) is 19.2. The molecule has 0 heterocycles. The Balaban J connectivity index is 2.08. The number of ether oxygens (including phenoxy) is 1. The van der Waals surface area contributed by atoms with Gasteiger partial charge in [0.05, 0.1) is 6.21 Å². The average Bonchev–Trinajstić information content (AvgIpc) is 2.60. The summed E-state index contributed by atoms with van der Waals surface area (Å²) >= 11 is 3.37.